The van der Waals surface area contributed by atoms with Crippen molar-refractivity contribution < 1.29 is 9.66 Å². The van der Waals surface area contributed by atoms with Gasteiger partial charge in [0.15, 0.2) is 0 Å². The molecule has 0 aliphatic carbocycles. The first-order valence-corrected chi connectivity index (χ1v) is 7.48. The van der Waals surface area contributed by atoms with E-state index < -0.39 is 4.92 Å². The van der Waals surface area contributed by atoms with Crippen LogP contribution in [0, 0.1) is 10.1 Å². The number of nitro groups is 1. The number of ether oxygens (including phenoxy) is 1. The second-order valence-electron chi connectivity index (χ2n) is 5.57. The Morgan fingerprint density at radius 2 is 1.75 bits per heavy atom. The van der Waals surface area contributed by atoms with Crippen LogP contribution >= 0.6 is 0 Å². The number of aromatic nitrogens is 2. The smallest absolute Gasteiger partial charge is 0.305 e. The Balaban J connectivity index is 2.17. The summed E-state index contributed by atoms with van der Waals surface area (Å²) in [5.41, 5.74) is 0.965. The maximum Gasteiger partial charge on any atom is 0.305 e. The van der Waals surface area contributed by atoms with Gasteiger partial charge in [-0.3, -0.25) is 10.1 Å². The second-order valence-corrected chi connectivity index (χ2v) is 5.57. The second kappa shape index (κ2) is 8.21. The molecule has 8 nitrogen and oxygen atoms in total. The van der Waals surface area contributed by atoms with Crippen LogP contribution in [0.15, 0.2) is 36.7 Å². The van der Waals surface area contributed by atoms with Crippen LogP contribution in [0.25, 0.3) is 0 Å². The standard InChI is InChI=1S/C16H21N5O3/c1-19(2)8-9-20(12-13-4-6-15(24-3)7-5-13)16-17-10-14(11-18-16)21(22)23/h4-7,10-11H,8-9,12H2,1-3H3. The summed E-state index contributed by atoms with van der Waals surface area (Å²) in [5.74, 6) is 1.27. The highest BCUT2D eigenvalue weighted by Crippen LogP contribution is 2.17. The molecule has 2 aromatic rings. The molecule has 0 aliphatic rings. The van der Waals surface area contributed by atoms with E-state index in [4.69, 9.17) is 4.74 Å². The highest BCUT2D eigenvalue weighted by Gasteiger charge is 2.13. The molecule has 0 saturated carbocycles. The molecule has 0 bridgehead atoms. The Morgan fingerprint density at radius 3 is 2.25 bits per heavy atom. The van der Waals surface area contributed by atoms with Gasteiger partial charge in [0.25, 0.3) is 0 Å². The summed E-state index contributed by atoms with van der Waals surface area (Å²) in [6, 6.07) is 7.76. The SMILES string of the molecule is COc1ccc(CN(CCN(C)C)c2ncc([N+](=O)[O-])cn2)cc1. The monoisotopic (exact) mass is 331 g/mol. The van der Waals surface area contributed by atoms with Crippen molar-refractivity contribution in [3.63, 3.8) is 0 Å². The number of nitrogens with zero attached hydrogens (tertiary/aromatic N) is 5. The number of likely N-dealkylation sites (N-methyl/N-ethyl adjacent to an activating group) is 1. The van der Waals surface area contributed by atoms with E-state index in [0.29, 0.717) is 19.0 Å². The van der Waals surface area contributed by atoms with Gasteiger partial charge in [-0.1, -0.05) is 12.1 Å². The first kappa shape index (κ1) is 17.6. The number of methoxy groups -OCH3 is 1. The lowest BCUT2D eigenvalue weighted by molar-refractivity contribution is -0.385. The average Bonchev–Trinajstić information content (AvgIpc) is 2.59. The number of hydrogen-bond donors (Lipinski definition) is 0. The molecule has 0 N–H and O–H groups in total. The van der Waals surface area contributed by atoms with Crippen molar-refractivity contribution in [1.82, 2.24) is 14.9 Å². The molecule has 0 saturated heterocycles. The summed E-state index contributed by atoms with van der Waals surface area (Å²) in [7, 11) is 5.60. The molecule has 0 atom stereocenters. The van der Waals surface area contributed by atoms with Crippen LogP contribution in [0.1, 0.15) is 5.56 Å². The van der Waals surface area contributed by atoms with Gasteiger partial charge in [-0.2, -0.15) is 0 Å². The van der Waals surface area contributed by atoms with Crippen LogP contribution in [0.2, 0.25) is 0 Å². The van der Waals surface area contributed by atoms with Crippen molar-refractivity contribution in [1.29, 1.82) is 0 Å². The predicted octanol–water partition coefficient (Wildman–Crippen LogP) is 1.96. The third-order valence-corrected chi connectivity index (χ3v) is 3.47. The molecule has 1 heterocycles. The van der Waals surface area contributed by atoms with Crippen molar-refractivity contribution >= 4 is 11.6 Å². The van der Waals surface area contributed by atoms with E-state index in [1.807, 2.05) is 43.3 Å². The van der Waals surface area contributed by atoms with Gasteiger partial charge < -0.3 is 14.5 Å². The summed E-state index contributed by atoms with van der Waals surface area (Å²) in [6.45, 7) is 2.13. The zero-order valence-electron chi connectivity index (χ0n) is 14.0. The van der Waals surface area contributed by atoms with E-state index >= 15 is 0 Å². The molecular formula is C16H21N5O3. The Hall–Kier alpha value is -2.74. The number of anilines is 1. The molecule has 128 valence electrons. The first-order valence-electron chi connectivity index (χ1n) is 7.48. The maximum atomic E-state index is 10.7. The van der Waals surface area contributed by atoms with E-state index in [2.05, 4.69) is 14.9 Å². The van der Waals surface area contributed by atoms with Gasteiger partial charge in [0.05, 0.1) is 12.0 Å². The van der Waals surface area contributed by atoms with Gasteiger partial charge in [0, 0.05) is 19.6 Å². The van der Waals surface area contributed by atoms with Crippen molar-refractivity contribution in [3.05, 3.63) is 52.3 Å². The van der Waals surface area contributed by atoms with E-state index in [9.17, 15) is 10.1 Å². The molecule has 0 radical (unpaired) electrons. The van der Waals surface area contributed by atoms with Crippen LogP contribution in [-0.2, 0) is 6.54 Å². The molecular weight excluding hydrogens is 310 g/mol. The molecule has 0 fully saturated rings. The lowest BCUT2D eigenvalue weighted by Crippen LogP contribution is -2.32. The number of hydrogen-bond acceptors (Lipinski definition) is 7. The lowest BCUT2D eigenvalue weighted by atomic mass is 10.2. The van der Waals surface area contributed by atoms with Crippen molar-refractivity contribution in [2.75, 3.05) is 39.2 Å². The lowest BCUT2D eigenvalue weighted by Gasteiger charge is -2.24. The molecule has 0 aliphatic heterocycles. The highest BCUT2D eigenvalue weighted by molar-refractivity contribution is 5.36. The Morgan fingerprint density at radius 1 is 1.12 bits per heavy atom. The van der Waals surface area contributed by atoms with Crippen molar-refractivity contribution in [3.8, 4) is 5.75 Å². The first-order chi connectivity index (χ1) is 11.5. The molecule has 8 heteroatoms. The van der Waals surface area contributed by atoms with Crippen LogP contribution in [0.4, 0.5) is 11.6 Å². The van der Waals surface area contributed by atoms with E-state index in [-0.39, 0.29) is 5.69 Å². The molecule has 1 aromatic heterocycles. The van der Waals surface area contributed by atoms with Crippen LogP contribution in [0.5, 0.6) is 5.75 Å². The fourth-order valence-electron chi connectivity index (χ4n) is 2.09. The molecule has 1 aromatic carbocycles. The molecule has 0 spiro atoms. The third kappa shape index (κ3) is 4.88. The Bertz CT molecular complexity index is 658. The zero-order chi connectivity index (χ0) is 17.5. The minimum atomic E-state index is -0.503. The Kier molecular flexibility index (Phi) is 6.02. The highest BCUT2D eigenvalue weighted by atomic mass is 16.6. The van der Waals surface area contributed by atoms with E-state index in [1.54, 1.807) is 7.11 Å². The fraction of sp³-hybridized carbons (Fsp3) is 0.375. The maximum absolute atomic E-state index is 10.7. The number of benzene rings is 1. The molecule has 0 unspecified atom stereocenters. The van der Waals surface area contributed by atoms with Crippen LogP contribution in [-0.4, -0.2) is 54.1 Å². The molecule has 0 amide bonds. The quantitative estimate of drug-likeness (QED) is 0.540. The van der Waals surface area contributed by atoms with Gasteiger partial charge in [0.1, 0.15) is 18.1 Å². The summed E-state index contributed by atoms with van der Waals surface area (Å²) in [4.78, 5) is 22.6. The predicted molar refractivity (Wildman–Crippen MR) is 91.3 cm³/mol. The minimum absolute atomic E-state index is 0.115. The minimum Gasteiger partial charge on any atom is -0.497 e. The van der Waals surface area contributed by atoms with Gasteiger partial charge in [-0.25, -0.2) is 9.97 Å². The van der Waals surface area contributed by atoms with Crippen molar-refractivity contribution in [2.45, 2.75) is 6.54 Å². The average molecular weight is 331 g/mol. The van der Waals surface area contributed by atoms with E-state index in [0.717, 1.165) is 17.9 Å². The molecule has 2 rings (SSSR count). The van der Waals surface area contributed by atoms with Gasteiger partial charge >= 0.3 is 5.69 Å². The van der Waals surface area contributed by atoms with Gasteiger partial charge in [0.2, 0.25) is 5.95 Å². The van der Waals surface area contributed by atoms with Crippen LogP contribution in [0.3, 0.4) is 0 Å². The molecule has 24 heavy (non-hydrogen) atoms. The van der Waals surface area contributed by atoms with Gasteiger partial charge in [-0.15, -0.1) is 0 Å². The summed E-state index contributed by atoms with van der Waals surface area (Å²) >= 11 is 0. The van der Waals surface area contributed by atoms with E-state index in [1.165, 1.54) is 12.4 Å². The summed E-state index contributed by atoms with van der Waals surface area (Å²) < 4.78 is 5.16. The zero-order valence-corrected chi connectivity index (χ0v) is 14.0. The largest absolute Gasteiger partial charge is 0.497 e. The van der Waals surface area contributed by atoms with Crippen LogP contribution < -0.4 is 9.64 Å². The summed E-state index contributed by atoms with van der Waals surface area (Å²) in [6.07, 6.45) is 2.47. The van der Waals surface area contributed by atoms with Crippen molar-refractivity contribution in [2.24, 2.45) is 0 Å². The normalized spacial score (nSPS) is 10.7. The topological polar surface area (TPSA) is 84.6 Å². The fourth-order valence-corrected chi connectivity index (χ4v) is 2.09. The van der Waals surface area contributed by atoms with Gasteiger partial charge in [-0.05, 0) is 31.8 Å². The third-order valence-electron chi connectivity index (χ3n) is 3.47. The summed E-state index contributed by atoms with van der Waals surface area (Å²) in [5, 5.41) is 10.7. The number of rotatable bonds is 8. The Labute approximate surface area is 140 Å².